The Morgan fingerprint density at radius 2 is 2.17 bits per heavy atom. The van der Waals surface area contributed by atoms with Crippen molar-refractivity contribution in [3.05, 3.63) is 40.2 Å². The van der Waals surface area contributed by atoms with E-state index in [-0.39, 0.29) is 29.9 Å². The maximum absolute atomic E-state index is 11.8. The van der Waals surface area contributed by atoms with Gasteiger partial charge in [-0.2, -0.15) is 0 Å². The molecule has 0 bridgehead atoms. The number of aliphatic hydroxyl groups is 1. The van der Waals surface area contributed by atoms with Gasteiger partial charge in [0.1, 0.15) is 23.3 Å². The summed E-state index contributed by atoms with van der Waals surface area (Å²) in [7, 11) is 0. The molecular weight excluding hydrogens is 240 g/mol. The number of rotatable bonds is 4. The van der Waals surface area contributed by atoms with Crippen LogP contribution in [0.25, 0.3) is 11.0 Å². The van der Waals surface area contributed by atoms with Gasteiger partial charge in [-0.25, -0.2) is 4.79 Å². The average molecular weight is 250 g/mol. The van der Waals surface area contributed by atoms with E-state index in [4.69, 9.17) is 19.4 Å². The third-order valence-electron chi connectivity index (χ3n) is 2.28. The van der Waals surface area contributed by atoms with Crippen LogP contribution in [0.2, 0.25) is 0 Å². The highest BCUT2D eigenvalue weighted by molar-refractivity contribution is 5.89. The van der Waals surface area contributed by atoms with Gasteiger partial charge in [-0.3, -0.25) is 4.79 Å². The zero-order chi connectivity index (χ0) is 13.1. The fraction of sp³-hybridized carbons (Fsp3) is 0.167. The first-order valence-corrected chi connectivity index (χ1v) is 5.17. The standard InChI is InChI=1S/C12H10O6/c13-4-5-17-8-2-1-3-9-11(8)7(14)6-10(18-9)12(15)16/h1-3,6,13H,4-5H2,(H,15,16). The molecule has 0 radical (unpaired) electrons. The van der Waals surface area contributed by atoms with E-state index in [0.717, 1.165) is 6.07 Å². The molecular formula is C12H10O6. The monoisotopic (exact) mass is 250 g/mol. The molecule has 0 fully saturated rings. The van der Waals surface area contributed by atoms with Crippen molar-refractivity contribution in [1.82, 2.24) is 0 Å². The summed E-state index contributed by atoms with van der Waals surface area (Å²) < 4.78 is 10.3. The quantitative estimate of drug-likeness (QED) is 0.835. The Morgan fingerprint density at radius 3 is 2.83 bits per heavy atom. The van der Waals surface area contributed by atoms with Crippen LogP contribution >= 0.6 is 0 Å². The van der Waals surface area contributed by atoms with Gasteiger partial charge < -0.3 is 19.4 Å². The van der Waals surface area contributed by atoms with Gasteiger partial charge >= 0.3 is 5.97 Å². The Bertz CT molecular complexity index is 643. The highest BCUT2D eigenvalue weighted by Crippen LogP contribution is 2.23. The van der Waals surface area contributed by atoms with Gasteiger partial charge in [0.2, 0.25) is 5.76 Å². The van der Waals surface area contributed by atoms with E-state index in [9.17, 15) is 9.59 Å². The highest BCUT2D eigenvalue weighted by Gasteiger charge is 2.13. The second-order valence-corrected chi connectivity index (χ2v) is 3.48. The third kappa shape index (κ3) is 2.18. The van der Waals surface area contributed by atoms with Crippen molar-refractivity contribution >= 4 is 16.9 Å². The first-order valence-electron chi connectivity index (χ1n) is 5.17. The lowest BCUT2D eigenvalue weighted by Crippen LogP contribution is -2.09. The topological polar surface area (TPSA) is 97.0 Å². The fourth-order valence-electron chi connectivity index (χ4n) is 1.56. The Morgan fingerprint density at radius 1 is 1.39 bits per heavy atom. The number of hydrogen-bond donors (Lipinski definition) is 2. The van der Waals surface area contributed by atoms with Crippen molar-refractivity contribution in [2.75, 3.05) is 13.2 Å². The van der Waals surface area contributed by atoms with E-state index in [1.807, 2.05) is 0 Å². The molecule has 1 aromatic carbocycles. The van der Waals surface area contributed by atoms with Crippen molar-refractivity contribution in [3.8, 4) is 5.75 Å². The second-order valence-electron chi connectivity index (χ2n) is 3.48. The lowest BCUT2D eigenvalue weighted by atomic mass is 10.2. The molecule has 6 heteroatoms. The van der Waals surface area contributed by atoms with E-state index in [2.05, 4.69) is 0 Å². The molecule has 0 aliphatic heterocycles. The normalized spacial score (nSPS) is 10.5. The Hall–Kier alpha value is -2.34. The second kappa shape index (κ2) is 4.89. The summed E-state index contributed by atoms with van der Waals surface area (Å²) in [5.41, 5.74) is -0.363. The number of carboxylic acid groups (broad SMARTS) is 1. The maximum Gasteiger partial charge on any atom is 0.371 e. The van der Waals surface area contributed by atoms with E-state index in [1.54, 1.807) is 12.1 Å². The number of fused-ring (bicyclic) bond motifs is 1. The third-order valence-corrected chi connectivity index (χ3v) is 2.28. The molecule has 0 aliphatic rings. The number of ether oxygens (including phenoxy) is 1. The van der Waals surface area contributed by atoms with Gasteiger partial charge in [0, 0.05) is 6.07 Å². The van der Waals surface area contributed by atoms with Crippen molar-refractivity contribution in [3.63, 3.8) is 0 Å². The van der Waals surface area contributed by atoms with Gasteiger partial charge in [-0.05, 0) is 12.1 Å². The number of aromatic carboxylic acids is 1. The maximum atomic E-state index is 11.8. The van der Waals surface area contributed by atoms with Crippen LogP contribution in [-0.2, 0) is 0 Å². The zero-order valence-corrected chi connectivity index (χ0v) is 9.25. The summed E-state index contributed by atoms with van der Waals surface area (Å²) in [5.74, 6) is -1.48. The minimum atomic E-state index is -1.31. The van der Waals surface area contributed by atoms with Gasteiger partial charge in [-0.15, -0.1) is 0 Å². The number of carboxylic acids is 1. The first-order chi connectivity index (χ1) is 8.63. The predicted octanol–water partition coefficient (Wildman–Crippen LogP) is 0.862. The van der Waals surface area contributed by atoms with E-state index < -0.39 is 17.2 Å². The molecule has 6 nitrogen and oxygen atoms in total. The molecule has 0 saturated heterocycles. The Labute approximate surface area is 101 Å². The molecule has 0 unspecified atom stereocenters. The molecule has 0 saturated carbocycles. The van der Waals surface area contributed by atoms with Crippen LogP contribution in [0.3, 0.4) is 0 Å². The van der Waals surface area contributed by atoms with E-state index >= 15 is 0 Å². The molecule has 2 rings (SSSR count). The molecule has 0 atom stereocenters. The largest absolute Gasteiger partial charge is 0.490 e. The van der Waals surface area contributed by atoms with Crippen LogP contribution in [0.1, 0.15) is 10.6 Å². The lowest BCUT2D eigenvalue weighted by Gasteiger charge is -2.07. The minimum Gasteiger partial charge on any atom is -0.490 e. The van der Waals surface area contributed by atoms with E-state index in [0.29, 0.717) is 0 Å². The summed E-state index contributed by atoms with van der Waals surface area (Å²) >= 11 is 0. The van der Waals surface area contributed by atoms with E-state index in [1.165, 1.54) is 6.07 Å². The molecule has 0 spiro atoms. The predicted molar refractivity (Wildman–Crippen MR) is 62.0 cm³/mol. The molecule has 1 aromatic heterocycles. The number of carbonyl (C=O) groups is 1. The van der Waals surface area contributed by atoms with Crippen LogP contribution in [-0.4, -0.2) is 29.4 Å². The van der Waals surface area contributed by atoms with Crippen molar-refractivity contribution in [2.24, 2.45) is 0 Å². The van der Waals surface area contributed by atoms with Crippen molar-refractivity contribution < 1.29 is 24.2 Å². The van der Waals surface area contributed by atoms with Crippen LogP contribution < -0.4 is 10.2 Å². The van der Waals surface area contributed by atoms with Gasteiger partial charge in [0.25, 0.3) is 0 Å². The smallest absolute Gasteiger partial charge is 0.371 e. The van der Waals surface area contributed by atoms with Crippen LogP contribution in [0, 0.1) is 0 Å². The molecule has 1 heterocycles. The Balaban J connectivity index is 2.63. The summed E-state index contributed by atoms with van der Waals surface area (Å²) in [5, 5.41) is 17.6. The van der Waals surface area contributed by atoms with Crippen LogP contribution in [0.15, 0.2) is 33.5 Å². The molecule has 18 heavy (non-hydrogen) atoms. The summed E-state index contributed by atoms with van der Waals surface area (Å²) in [6.45, 7) is -0.145. The first kappa shape index (κ1) is 12.1. The fourth-order valence-corrected chi connectivity index (χ4v) is 1.56. The minimum absolute atomic E-state index is 0.0409. The Kier molecular flexibility index (Phi) is 3.29. The highest BCUT2D eigenvalue weighted by atomic mass is 16.5. The lowest BCUT2D eigenvalue weighted by molar-refractivity contribution is 0.0663. The molecule has 94 valence electrons. The SMILES string of the molecule is O=C(O)c1cc(=O)c2c(OCCO)cccc2o1. The molecule has 0 amide bonds. The summed E-state index contributed by atoms with van der Waals surface area (Å²) in [6, 6.07) is 5.50. The number of hydrogen-bond acceptors (Lipinski definition) is 5. The summed E-state index contributed by atoms with van der Waals surface area (Å²) in [6.07, 6.45) is 0. The van der Waals surface area contributed by atoms with Crippen molar-refractivity contribution in [2.45, 2.75) is 0 Å². The van der Waals surface area contributed by atoms with Gasteiger partial charge in [0.15, 0.2) is 5.43 Å². The van der Waals surface area contributed by atoms with Crippen LogP contribution in [0.4, 0.5) is 0 Å². The van der Waals surface area contributed by atoms with Crippen molar-refractivity contribution in [1.29, 1.82) is 0 Å². The van der Waals surface area contributed by atoms with Gasteiger partial charge in [0.05, 0.1) is 6.61 Å². The molecule has 0 aliphatic carbocycles. The van der Waals surface area contributed by atoms with Crippen LogP contribution in [0.5, 0.6) is 5.75 Å². The van der Waals surface area contributed by atoms with Gasteiger partial charge in [-0.1, -0.05) is 6.07 Å². The zero-order valence-electron chi connectivity index (χ0n) is 9.25. The molecule has 2 aromatic rings. The summed E-state index contributed by atoms with van der Waals surface area (Å²) in [4.78, 5) is 22.6. The number of benzene rings is 1. The number of aliphatic hydroxyl groups excluding tert-OH is 1. The molecule has 2 N–H and O–H groups in total. The average Bonchev–Trinajstić information content (AvgIpc) is 2.35.